The van der Waals surface area contributed by atoms with E-state index >= 15 is 0 Å². The van der Waals surface area contributed by atoms with E-state index in [1.54, 1.807) is 30.6 Å². The zero-order chi connectivity index (χ0) is 19.8. The van der Waals surface area contributed by atoms with Gasteiger partial charge in [0.2, 0.25) is 5.91 Å². The van der Waals surface area contributed by atoms with Crippen LogP contribution in [0, 0.1) is 5.82 Å². The number of benzene rings is 2. The van der Waals surface area contributed by atoms with Crippen molar-refractivity contribution in [3.63, 3.8) is 0 Å². The molecule has 1 heterocycles. The number of halogens is 1. The van der Waals surface area contributed by atoms with Gasteiger partial charge in [0.25, 0.3) is 0 Å². The molecule has 0 fully saturated rings. The normalized spacial score (nSPS) is 11.6. The van der Waals surface area contributed by atoms with Gasteiger partial charge in [-0.3, -0.25) is 4.79 Å². The molecule has 0 aliphatic carbocycles. The molecule has 146 valence electrons. The molecule has 1 aromatic heterocycles. The number of thiophene rings is 1. The maximum atomic E-state index is 13.3. The fourth-order valence-electron chi connectivity index (χ4n) is 2.83. The van der Waals surface area contributed by atoms with Crippen molar-refractivity contribution in [2.45, 2.75) is 12.3 Å². The minimum absolute atomic E-state index is 0.0988. The van der Waals surface area contributed by atoms with Crippen LogP contribution in [0.1, 0.15) is 16.4 Å². The number of methoxy groups -OCH3 is 1. The molecule has 2 aromatic carbocycles. The van der Waals surface area contributed by atoms with Crippen LogP contribution in [0.2, 0.25) is 0 Å². The molecule has 3 rings (SSSR count). The molecule has 3 aromatic rings. The van der Waals surface area contributed by atoms with E-state index in [0.717, 1.165) is 16.2 Å². The van der Waals surface area contributed by atoms with Crippen LogP contribution in [0.3, 0.4) is 0 Å². The van der Waals surface area contributed by atoms with E-state index < -0.39 is 0 Å². The van der Waals surface area contributed by atoms with Gasteiger partial charge in [-0.15, -0.1) is 11.3 Å². The van der Waals surface area contributed by atoms with Gasteiger partial charge in [-0.05, 0) is 59.8 Å². The Hall–Kier alpha value is -2.86. The second-order valence-electron chi connectivity index (χ2n) is 6.20. The molecule has 0 aliphatic rings. The fraction of sp³-hybridized carbons (Fsp3) is 0.227. The number of carbonyl (C=O) groups is 1. The highest BCUT2D eigenvalue weighted by atomic mass is 32.1. The van der Waals surface area contributed by atoms with Crippen LogP contribution in [-0.2, 0) is 11.2 Å². The third-order valence-corrected chi connectivity index (χ3v) is 5.20. The van der Waals surface area contributed by atoms with E-state index in [4.69, 9.17) is 9.47 Å². The molecule has 0 bridgehead atoms. The summed E-state index contributed by atoms with van der Waals surface area (Å²) >= 11 is 1.61. The van der Waals surface area contributed by atoms with E-state index in [-0.39, 0.29) is 17.6 Å². The van der Waals surface area contributed by atoms with Crippen molar-refractivity contribution in [1.29, 1.82) is 0 Å². The first-order valence-electron chi connectivity index (χ1n) is 8.98. The van der Waals surface area contributed by atoms with Crippen molar-refractivity contribution < 1.29 is 18.7 Å². The summed E-state index contributed by atoms with van der Waals surface area (Å²) in [6.07, 6.45) is 0.578. The van der Waals surface area contributed by atoms with Crippen molar-refractivity contribution in [3.05, 3.63) is 82.3 Å². The highest BCUT2D eigenvalue weighted by Gasteiger charge is 2.21. The van der Waals surface area contributed by atoms with Crippen LogP contribution in [0.4, 0.5) is 4.39 Å². The van der Waals surface area contributed by atoms with Crippen LogP contribution in [0.25, 0.3) is 0 Å². The molecular formula is C22H22FNO3S. The topological polar surface area (TPSA) is 47.6 Å². The van der Waals surface area contributed by atoms with Crippen LogP contribution in [-0.4, -0.2) is 26.2 Å². The summed E-state index contributed by atoms with van der Waals surface area (Å²) in [6.45, 7) is 0.736. The summed E-state index contributed by atoms with van der Waals surface area (Å²) in [5.41, 5.74) is 0.795. The van der Waals surface area contributed by atoms with Gasteiger partial charge in [-0.1, -0.05) is 18.2 Å². The number of ether oxygens (including phenoxy) is 2. The van der Waals surface area contributed by atoms with Crippen LogP contribution < -0.4 is 14.8 Å². The predicted molar refractivity (Wildman–Crippen MR) is 109 cm³/mol. The average molecular weight is 399 g/mol. The number of amides is 1. The fourth-order valence-corrected chi connectivity index (χ4v) is 3.58. The van der Waals surface area contributed by atoms with Gasteiger partial charge in [-0.25, -0.2) is 4.39 Å². The van der Waals surface area contributed by atoms with Gasteiger partial charge in [0.05, 0.1) is 19.6 Å². The minimum atomic E-state index is -0.375. The first kappa shape index (κ1) is 19.9. The van der Waals surface area contributed by atoms with E-state index in [9.17, 15) is 9.18 Å². The van der Waals surface area contributed by atoms with Crippen LogP contribution in [0.15, 0.2) is 66.0 Å². The lowest BCUT2D eigenvalue weighted by atomic mass is 9.94. The number of carbonyl (C=O) groups excluding carboxylic acids is 1. The zero-order valence-electron chi connectivity index (χ0n) is 15.6. The molecule has 0 spiro atoms. The van der Waals surface area contributed by atoms with Gasteiger partial charge in [0.15, 0.2) is 0 Å². The smallest absolute Gasteiger partial charge is 0.228 e. The summed E-state index contributed by atoms with van der Waals surface area (Å²) in [7, 11) is 1.61. The molecule has 0 aliphatic heterocycles. The maximum absolute atomic E-state index is 13.3. The summed E-state index contributed by atoms with van der Waals surface area (Å²) in [6, 6.07) is 17.3. The zero-order valence-corrected chi connectivity index (χ0v) is 16.4. The molecule has 4 nitrogen and oxygen atoms in total. The Kier molecular flexibility index (Phi) is 7.03. The lowest BCUT2D eigenvalue weighted by Gasteiger charge is -2.17. The van der Waals surface area contributed by atoms with Gasteiger partial charge in [0, 0.05) is 4.88 Å². The van der Waals surface area contributed by atoms with Gasteiger partial charge in [0.1, 0.15) is 23.9 Å². The van der Waals surface area contributed by atoms with E-state index in [0.29, 0.717) is 25.3 Å². The van der Waals surface area contributed by atoms with E-state index in [1.807, 2.05) is 41.8 Å². The molecule has 1 N–H and O–H groups in total. The van der Waals surface area contributed by atoms with Crippen molar-refractivity contribution in [3.8, 4) is 11.5 Å². The SMILES string of the molecule is COc1ccc(OCCNC(=O)C(Cc2cccs2)c2ccc(F)cc2)cc1. The molecule has 0 saturated heterocycles. The molecular weight excluding hydrogens is 377 g/mol. The van der Waals surface area contributed by atoms with Crippen molar-refractivity contribution in [2.24, 2.45) is 0 Å². The number of hydrogen-bond donors (Lipinski definition) is 1. The summed E-state index contributed by atoms with van der Waals surface area (Å²) in [5.74, 6) is 0.686. The lowest BCUT2D eigenvalue weighted by molar-refractivity contribution is -0.122. The van der Waals surface area contributed by atoms with E-state index in [1.165, 1.54) is 12.1 Å². The Morgan fingerprint density at radius 2 is 1.79 bits per heavy atom. The highest BCUT2D eigenvalue weighted by Crippen LogP contribution is 2.24. The summed E-state index contributed by atoms with van der Waals surface area (Å²) in [5, 5.41) is 4.91. The number of nitrogens with one attached hydrogen (secondary N) is 1. The summed E-state index contributed by atoms with van der Waals surface area (Å²) < 4.78 is 24.0. The Labute approximate surface area is 167 Å². The number of hydrogen-bond acceptors (Lipinski definition) is 4. The molecule has 1 amide bonds. The maximum Gasteiger partial charge on any atom is 0.228 e. The first-order chi connectivity index (χ1) is 13.7. The molecule has 1 unspecified atom stereocenters. The average Bonchev–Trinajstić information content (AvgIpc) is 3.24. The monoisotopic (exact) mass is 399 g/mol. The molecule has 0 saturated carbocycles. The molecule has 0 radical (unpaired) electrons. The lowest BCUT2D eigenvalue weighted by Crippen LogP contribution is -2.33. The Morgan fingerprint density at radius 1 is 1.07 bits per heavy atom. The predicted octanol–water partition coefficient (Wildman–Crippen LogP) is 4.42. The van der Waals surface area contributed by atoms with Crippen molar-refractivity contribution in [1.82, 2.24) is 5.32 Å². The Balaban J connectivity index is 1.56. The van der Waals surface area contributed by atoms with Gasteiger partial charge < -0.3 is 14.8 Å². The third-order valence-electron chi connectivity index (χ3n) is 4.30. The number of rotatable bonds is 9. The quantitative estimate of drug-likeness (QED) is 0.542. The highest BCUT2D eigenvalue weighted by molar-refractivity contribution is 7.09. The Morgan fingerprint density at radius 3 is 2.43 bits per heavy atom. The van der Waals surface area contributed by atoms with Gasteiger partial charge >= 0.3 is 0 Å². The molecule has 1 atom stereocenters. The summed E-state index contributed by atoms with van der Waals surface area (Å²) in [4.78, 5) is 13.9. The van der Waals surface area contributed by atoms with E-state index in [2.05, 4.69) is 5.32 Å². The third kappa shape index (κ3) is 5.57. The van der Waals surface area contributed by atoms with Crippen LogP contribution >= 0.6 is 11.3 Å². The Bertz CT molecular complexity index is 864. The first-order valence-corrected chi connectivity index (χ1v) is 9.86. The van der Waals surface area contributed by atoms with Crippen molar-refractivity contribution in [2.75, 3.05) is 20.3 Å². The standard InChI is InChI=1S/C22H22FNO3S/c1-26-18-8-10-19(11-9-18)27-13-12-24-22(25)21(15-20-3-2-14-28-20)16-4-6-17(23)7-5-16/h2-11,14,21H,12-13,15H2,1H3,(H,24,25). The molecule has 28 heavy (non-hydrogen) atoms. The minimum Gasteiger partial charge on any atom is -0.497 e. The van der Waals surface area contributed by atoms with Crippen LogP contribution in [0.5, 0.6) is 11.5 Å². The molecule has 6 heteroatoms. The van der Waals surface area contributed by atoms with Crippen molar-refractivity contribution >= 4 is 17.2 Å². The second-order valence-corrected chi connectivity index (χ2v) is 7.23. The second kappa shape index (κ2) is 9.90. The van der Waals surface area contributed by atoms with Gasteiger partial charge in [-0.2, -0.15) is 0 Å². The largest absolute Gasteiger partial charge is 0.497 e.